The van der Waals surface area contributed by atoms with Crippen molar-refractivity contribution in [1.82, 2.24) is 0 Å². The first kappa shape index (κ1) is 15.0. The van der Waals surface area contributed by atoms with Crippen LogP contribution in [0.15, 0.2) is 12.1 Å². The Kier molecular flexibility index (Phi) is 5.15. The van der Waals surface area contributed by atoms with Gasteiger partial charge in [0.2, 0.25) is 0 Å². The molecule has 18 heavy (non-hydrogen) atoms. The van der Waals surface area contributed by atoms with E-state index in [1.807, 2.05) is 19.1 Å². The molecule has 1 aromatic rings. The molecule has 6 heteroatoms. The number of methoxy groups -OCH3 is 2. The van der Waals surface area contributed by atoms with E-state index in [1.54, 1.807) is 35.5 Å². The topological polar surface area (TPSA) is 46.2 Å². The predicted octanol–water partition coefficient (Wildman–Crippen LogP) is 1.10. The van der Waals surface area contributed by atoms with E-state index in [0.29, 0.717) is 11.5 Å². The Balaban J connectivity index is 3.38. The molecule has 0 atom stereocenters. The van der Waals surface area contributed by atoms with Crippen molar-refractivity contribution in [2.45, 2.75) is 6.92 Å². The SMILES string of the molecule is COc1cc([Si](OC)(OC)OC)cc(C)c1OC. The smallest absolute Gasteiger partial charge is 0.493 e. The molecular formula is C12H20O5Si. The summed E-state index contributed by atoms with van der Waals surface area (Å²) >= 11 is 0. The van der Waals surface area contributed by atoms with E-state index in [1.165, 1.54) is 0 Å². The van der Waals surface area contributed by atoms with Crippen molar-refractivity contribution in [3.63, 3.8) is 0 Å². The van der Waals surface area contributed by atoms with Gasteiger partial charge < -0.3 is 22.8 Å². The maximum Gasteiger partial charge on any atom is 0.536 e. The quantitative estimate of drug-likeness (QED) is 0.726. The second-order valence-corrected chi connectivity index (χ2v) is 6.61. The monoisotopic (exact) mass is 272 g/mol. The molecular weight excluding hydrogens is 252 g/mol. The van der Waals surface area contributed by atoms with Gasteiger partial charge in [-0.3, -0.25) is 0 Å². The Morgan fingerprint density at radius 2 is 1.39 bits per heavy atom. The predicted molar refractivity (Wildman–Crippen MR) is 70.7 cm³/mol. The van der Waals surface area contributed by atoms with Gasteiger partial charge in [-0.25, -0.2) is 0 Å². The molecule has 0 saturated carbocycles. The van der Waals surface area contributed by atoms with Gasteiger partial charge >= 0.3 is 8.80 Å². The van der Waals surface area contributed by atoms with E-state index in [9.17, 15) is 0 Å². The minimum absolute atomic E-state index is 0.635. The molecule has 0 unspecified atom stereocenters. The highest BCUT2D eigenvalue weighted by Gasteiger charge is 2.41. The third-order valence-corrected chi connectivity index (χ3v) is 5.43. The average molecular weight is 272 g/mol. The van der Waals surface area contributed by atoms with Gasteiger partial charge in [0, 0.05) is 26.5 Å². The van der Waals surface area contributed by atoms with Crippen LogP contribution >= 0.6 is 0 Å². The summed E-state index contributed by atoms with van der Waals surface area (Å²) in [5, 5.41) is 0.838. The van der Waals surface area contributed by atoms with Gasteiger partial charge in [0.1, 0.15) is 0 Å². The van der Waals surface area contributed by atoms with Crippen LogP contribution in [0.25, 0.3) is 0 Å². The summed E-state index contributed by atoms with van der Waals surface area (Å²) in [6.07, 6.45) is 0. The summed E-state index contributed by atoms with van der Waals surface area (Å²) in [7, 11) is 5.08. The fourth-order valence-electron chi connectivity index (χ4n) is 1.94. The van der Waals surface area contributed by atoms with Gasteiger partial charge in [0.25, 0.3) is 0 Å². The lowest BCUT2D eigenvalue weighted by Crippen LogP contribution is -2.54. The lowest BCUT2D eigenvalue weighted by Gasteiger charge is -2.25. The van der Waals surface area contributed by atoms with Crippen LogP contribution in [0, 0.1) is 6.92 Å². The third kappa shape index (κ3) is 2.51. The molecule has 5 nitrogen and oxygen atoms in total. The first-order valence-electron chi connectivity index (χ1n) is 5.47. The van der Waals surface area contributed by atoms with Gasteiger partial charge in [0.05, 0.1) is 14.2 Å². The standard InChI is InChI=1S/C12H20O5Si/c1-9-7-10(18(15-4,16-5)17-6)8-11(13-2)12(9)14-3/h7-8H,1-6H3. The van der Waals surface area contributed by atoms with E-state index < -0.39 is 8.80 Å². The molecule has 102 valence electrons. The molecule has 0 radical (unpaired) electrons. The molecule has 1 rings (SSSR count). The molecule has 1 aromatic carbocycles. The van der Waals surface area contributed by atoms with Crippen LogP contribution in [-0.2, 0) is 13.3 Å². The highest BCUT2D eigenvalue weighted by atomic mass is 28.4. The number of hydrogen-bond donors (Lipinski definition) is 0. The van der Waals surface area contributed by atoms with Crippen LogP contribution in [0.2, 0.25) is 0 Å². The second kappa shape index (κ2) is 6.19. The van der Waals surface area contributed by atoms with Crippen molar-refractivity contribution >= 4 is 14.0 Å². The number of benzene rings is 1. The van der Waals surface area contributed by atoms with Crippen LogP contribution < -0.4 is 14.7 Å². The number of ether oxygens (including phenoxy) is 2. The van der Waals surface area contributed by atoms with E-state index in [2.05, 4.69) is 0 Å². The molecule has 0 amide bonds. The fourth-order valence-corrected chi connectivity index (χ4v) is 3.84. The van der Waals surface area contributed by atoms with E-state index in [4.69, 9.17) is 22.8 Å². The van der Waals surface area contributed by atoms with Gasteiger partial charge in [-0.2, -0.15) is 0 Å². The number of hydrogen-bond acceptors (Lipinski definition) is 5. The van der Waals surface area contributed by atoms with Crippen molar-refractivity contribution < 1.29 is 22.8 Å². The molecule has 0 N–H and O–H groups in total. The van der Waals surface area contributed by atoms with Crippen molar-refractivity contribution in [1.29, 1.82) is 0 Å². The zero-order valence-electron chi connectivity index (χ0n) is 11.7. The summed E-state index contributed by atoms with van der Waals surface area (Å²) in [6, 6.07) is 3.76. The van der Waals surface area contributed by atoms with Crippen LogP contribution in [0.4, 0.5) is 0 Å². The fraction of sp³-hybridized carbons (Fsp3) is 0.500. The van der Waals surface area contributed by atoms with Crippen molar-refractivity contribution in [2.24, 2.45) is 0 Å². The Hall–Kier alpha value is -1.08. The van der Waals surface area contributed by atoms with E-state index in [-0.39, 0.29) is 0 Å². The zero-order valence-corrected chi connectivity index (χ0v) is 12.7. The van der Waals surface area contributed by atoms with Crippen molar-refractivity contribution in [2.75, 3.05) is 35.5 Å². The summed E-state index contributed by atoms with van der Waals surface area (Å²) < 4.78 is 27.0. The van der Waals surface area contributed by atoms with Crippen LogP contribution in [-0.4, -0.2) is 44.4 Å². The Bertz CT molecular complexity index is 395. The van der Waals surface area contributed by atoms with Crippen LogP contribution in [0.1, 0.15) is 5.56 Å². The maximum absolute atomic E-state index is 5.45. The first-order chi connectivity index (χ1) is 8.58. The minimum atomic E-state index is -2.84. The summed E-state index contributed by atoms with van der Waals surface area (Å²) in [6.45, 7) is 1.94. The largest absolute Gasteiger partial charge is 0.536 e. The van der Waals surface area contributed by atoms with Gasteiger partial charge in [0.15, 0.2) is 11.5 Å². The molecule has 0 aromatic heterocycles. The number of rotatable bonds is 6. The lowest BCUT2D eigenvalue weighted by atomic mass is 10.2. The van der Waals surface area contributed by atoms with E-state index in [0.717, 1.165) is 10.8 Å². The molecule has 0 aliphatic rings. The highest BCUT2D eigenvalue weighted by Crippen LogP contribution is 2.30. The minimum Gasteiger partial charge on any atom is -0.493 e. The van der Waals surface area contributed by atoms with Gasteiger partial charge in [-0.05, 0) is 24.6 Å². The molecule has 0 fully saturated rings. The summed E-state index contributed by atoms with van der Waals surface area (Å²) in [5.41, 5.74) is 0.940. The van der Waals surface area contributed by atoms with Crippen molar-refractivity contribution in [3.05, 3.63) is 17.7 Å². The molecule has 0 saturated heterocycles. The van der Waals surface area contributed by atoms with E-state index >= 15 is 0 Å². The summed E-state index contributed by atoms with van der Waals surface area (Å²) in [5.74, 6) is 1.34. The molecule has 0 spiro atoms. The molecule has 0 bridgehead atoms. The first-order valence-corrected chi connectivity index (χ1v) is 7.19. The van der Waals surface area contributed by atoms with Crippen LogP contribution in [0.5, 0.6) is 11.5 Å². The van der Waals surface area contributed by atoms with Crippen molar-refractivity contribution in [3.8, 4) is 11.5 Å². The zero-order chi connectivity index (χ0) is 13.8. The molecule has 0 aliphatic carbocycles. The Morgan fingerprint density at radius 1 is 0.833 bits per heavy atom. The van der Waals surface area contributed by atoms with Gasteiger partial charge in [-0.1, -0.05) is 0 Å². The summed E-state index contributed by atoms with van der Waals surface area (Å²) in [4.78, 5) is 0. The highest BCUT2D eigenvalue weighted by molar-refractivity contribution is 6.75. The molecule has 0 heterocycles. The van der Waals surface area contributed by atoms with Crippen LogP contribution in [0.3, 0.4) is 0 Å². The normalized spacial score (nSPS) is 11.4. The third-order valence-electron chi connectivity index (χ3n) is 2.82. The second-order valence-electron chi connectivity index (χ2n) is 3.70. The van der Waals surface area contributed by atoms with Gasteiger partial charge in [-0.15, -0.1) is 0 Å². The lowest BCUT2D eigenvalue weighted by molar-refractivity contribution is 0.140. The molecule has 0 aliphatic heterocycles. The maximum atomic E-state index is 5.45. The average Bonchev–Trinajstić information content (AvgIpc) is 2.40. The number of aryl methyl sites for hydroxylation is 1. The Morgan fingerprint density at radius 3 is 1.78 bits per heavy atom. The Labute approximate surface area is 109 Å².